The number of nitriles is 1. The lowest BCUT2D eigenvalue weighted by atomic mass is 11.4. The van der Waals surface area contributed by atoms with Gasteiger partial charge in [-0.1, -0.05) is 4.58 Å². The fraction of sp³-hybridized carbons (Fsp3) is 0. The van der Waals surface area contributed by atoms with E-state index in [-0.39, 0.29) is 4.58 Å². The molecule has 28 valence electrons. The highest BCUT2D eigenvalue weighted by atomic mass is 35.5. The van der Waals surface area contributed by atoms with Crippen molar-refractivity contribution < 1.29 is 5.21 Å². The molecule has 0 unspecified atom stereocenters. The van der Waals surface area contributed by atoms with Gasteiger partial charge in [-0.15, -0.1) is 0 Å². The van der Waals surface area contributed by atoms with Crippen molar-refractivity contribution in [3.8, 4) is 6.19 Å². The van der Waals surface area contributed by atoms with Gasteiger partial charge in [0.25, 0.3) is 0 Å². The summed E-state index contributed by atoms with van der Waals surface area (Å²) in [7, 11) is 0. The first-order chi connectivity index (χ1) is 2.27. The van der Waals surface area contributed by atoms with E-state index < -0.39 is 0 Å². The number of hydrogen-bond donors (Lipinski definition) is 1. The Hall–Kier alpha value is -0.460. The molecule has 0 aliphatic rings. The minimum atomic E-state index is -0.0972. The number of rotatable bonds is 0. The second-order valence-electron chi connectivity index (χ2n) is 0.360. The lowest BCUT2D eigenvalue weighted by molar-refractivity contribution is 0.0680. The predicted molar refractivity (Wildman–Crippen MR) is 15.1 cm³/mol. The summed E-state index contributed by atoms with van der Waals surface area (Å²) in [6.07, 6.45) is 1.18. The number of hydroxylamine groups is 1. The number of hydrogen-bond acceptors (Lipinski definition) is 3. The highest BCUT2D eigenvalue weighted by Gasteiger charge is 1.74. The van der Waals surface area contributed by atoms with Crippen LogP contribution in [0.1, 0.15) is 0 Å². The molecule has 0 fully saturated rings. The van der Waals surface area contributed by atoms with Crippen LogP contribution in [0.5, 0.6) is 0 Å². The maximum absolute atomic E-state index is 7.60. The summed E-state index contributed by atoms with van der Waals surface area (Å²) in [6.45, 7) is 0. The lowest BCUT2D eigenvalue weighted by Crippen LogP contribution is -1.90. The molecule has 0 bridgehead atoms. The van der Waals surface area contributed by atoms with Crippen molar-refractivity contribution in [2.24, 2.45) is 0 Å². The third-order valence-corrected chi connectivity index (χ3v) is 0.158. The van der Waals surface area contributed by atoms with Crippen molar-refractivity contribution in [2.75, 3.05) is 0 Å². The first-order valence-electron chi connectivity index (χ1n) is 0.816. The molecule has 0 spiro atoms. The Morgan fingerprint density at radius 2 is 2.20 bits per heavy atom. The molecule has 4 heteroatoms. The highest BCUT2D eigenvalue weighted by molar-refractivity contribution is 6.13. The van der Waals surface area contributed by atoms with Crippen molar-refractivity contribution in [1.82, 2.24) is 4.58 Å². The molecular formula is CHClN2O. The SMILES string of the molecule is N#CN(O)Cl. The molecule has 5 heavy (non-hydrogen) atoms. The van der Waals surface area contributed by atoms with Crippen LogP contribution < -0.4 is 0 Å². The Balaban J connectivity index is 2.94. The standard InChI is InChI=1S/CHClN2O/c2-4(5)1-3/h5H. The molecule has 1 N–H and O–H groups in total. The van der Waals surface area contributed by atoms with Gasteiger partial charge in [0, 0.05) is 0 Å². The van der Waals surface area contributed by atoms with Crippen LogP contribution in [0.2, 0.25) is 0 Å². The summed E-state index contributed by atoms with van der Waals surface area (Å²) in [6, 6.07) is 0. The van der Waals surface area contributed by atoms with E-state index in [4.69, 9.17) is 10.5 Å². The molecule has 0 saturated carbocycles. The van der Waals surface area contributed by atoms with Crippen LogP contribution in [-0.2, 0) is 0 Å². The molecule has 0 amide bonds. The van der Waals surface area contributed by atoms with E-state index in [0.29, 0.717) is 0 Å². The van der Waals surface area contributed by atoms with E-state index in [9.17, 15) is 0 Å². The lowest BCUT2D eigenvalue weighted by Gasteiger charge is -1.81. The van der Waals surface area contributed by atoms with Crippen molar-refractivity contribution >= 4 is 11.8 Å². The van der Waals surface area contributed by atoms with Crippen molar-refractivity contribution in [2.45, 2.75) is 0 Å². The van der Waals surface area contributed by atoms with Gasteiger partial charge in [-0.3, -0.25) is 5.21 Å². The molecule has 0 saturated heterocycles. The maximum Gasteiger partial charge on any atom is 0.222 e. The molecular weight excluding hydrogens is 91.5 g/mol. The van der Waals surface area contributed by atoms with Gasteiger partial charge < -0.3 is 0 Å². The Labute approximate surface area is 34.1 Å². The van der Waals surface area contributed by atoms with Gasteiger partial charge in [-0.05, 0) is 0 Å². The van der Waals surface area contributed by atoms with E-state index >= 15 is 0 Å². The molecule has 0 aliphatic carbocycles. The zero-order valence-electron chi connectivity index (χ0n) is 2.22. The van der Waals surface area contributed by atoms with E-state index in [1.54, 1.807) is 0 Å². The summed E-state index contributed by atoms with van der Waals surface area (Å²) in [5, 5.41) is 15.0. The molecule has 0 rings (SSSR count). The van der Waals surface area contributed by atoms with Crippen LogP contribution in [0, 0.1) is 11.5 Å². The van der Waals surface area contributed by atoms with Gasteiger partial charge >= 0.3 is 0 Å². The Kier molecular flexibility index (Phi) is 1.65. The highest BCUT2D eigenvalue weighted by Crippen LogP contribution is 1.75. The second kappa shape index (κ2) is 1.82. The number of halogens is 1. The van der Waals surface area contributed by atoms with Gasteiger partial charge in [-0.2, -0.15) is 5.26 Å². The van der Waals surface area contributed by atoms with E-state index in [1.165, 1.54) is 6.19 Å². The molecule has 0 aromatic carbocycles. The average molecular weight is 92.5 g/mol. The first-order valence-corrected chi connectivity index (χ1v) is 1.15. The molecule has 0 aliphatic heterocycles. The minimum absolute atomic E-state index is 0.0972. The Morgan fingerprint density at radius 3 is 2.20 bits per heavy atom. The maximum atomic E-state index is 7.60. The van der Waals surface area contributed by atoms with Gasteiger partial charge in [0.15, 0.2) is 0 Å². The molecule has 3 nitrogen and oxygen atoms in total. The monoisotopic (exact) mass is 92.0 g/mol. The normalized spacial score (nSPS) is 5.80. The summed E-state index contributed by atoms with van der Waals surface area (Å²) in [5.74, 6) is 0. The topological polar surface area (TPSA) is 47.3 Å². The summed E-state index contributed by atoms with van der Waals surface area (Å²) < 4.78 is -0.0972. The van der Waals surface area contributed by atoms with Crippen LogP contribution in [-0.4, -0.2) is 9.79 Å². The molecule has 0 heterocycles. The summed E-state index contributed by atoms with van der Waals surface area (Å²) in [5.41, 5.74) is 0. The number of nitrogens with zero attached hydrogens (tertiary/aromatic N) is 2. The third-order valence-electron chi connectivity index (χ3n) is 0.0825. The quantitative estimate of drug-likeness (QED) is 0.203. The van der Waals surface area contributed by atoms with Gasteiger partial charge in [0.05, 0.1) is 11.8 Å². The average Bonchev–Trinajstić information content (AvgIpc) is 1.38. The van der Waals surface area contributed by atoms with Crippen LogP contribution in [0.4, 0.5) is 0 Å². The Bertz CT molecular complexity index is 55.2. The van der Waals surface area contributed by atoms with Crippen LogP contribution in [0.15, 0.2) is 0 Å². The van der Waals surface area contributed by atoms with Crippen LogP contribution in [0.3, 0.4) is 0 Å². The molecule has 0 atom stereocenters. The van der Waals surface area contributed by atoms with Crippen molar-refractivity contribution in [1.29, 1.82) is 5.26 Å². The Morgan fingerprint density at radius 1 is 2.00 bits per heavy atom. The molecule has 0 radical (unpaired) electrons. The van der Waals surface area contributed by atoms with Crippen molar-refractivity contribution in [3.63, 3.8) is 0 Å². The fourth-order valence-electron chi connectivity index (χ4n) is 0. The van der Waals surface area contributed by atoms with E-state index in [1.807, 2.05) is 0 Å². The minimum Gasteiger partial charge on any atom is -0.264 e. The van der Waals surface area contributed by atoms with Gasteiger partial charge in [0.2, 0.25) is 6.19 Å². The fourth-order valence-corrected chi connectivity index (χ4v) is 0. The van der Waals surface area contributed by atoms with E-state index in [0.717, 1.165) is 0 Å². The zero-order valence-corrected chi connectivity index (χ0v) is 2.98. The predicted octanol–water partition coefficient (Wildman–Crippen LogP) is 0.312. The molecule has 0 aromatic rings. The second-order valence-corrected chi connectivity index (χ2v) is 0.680. The molecule has 0 aromatic heterocycles. The zero-order chi connectivity index (χ0) is 4.28. The van der Waals surface area contributed by atoms with Crippen LogP contribution >= 0.6 is 11.8 Å². The first kappa shape index (κ1) is 4.54. The van der Waals surface area contributed by atoms with Crippen molar-refractivity contribution in [3.05, 3.63) is 0 Å². The van der Waals surface area contributed by atoms with Gasteiger partial charge in [0.1, 0.15) is 0 Å². The van der Waals surface area contributed by atoms with E-state index in [2.05, 4.69) is 11.8 Å². The summed E-state index contributed by atoms with van der Waals surface area (Å²) >= 11 is 4.49. The smallest absolute Gasteiger partial charge is 0.222 e. The van der Waals surface area contributed by atoms with Gasteiger partial charge in [-0.25, -0.2) is 0 Å². The third kappa shape index (κ3) is 3.54. The van der Waals surface area contributed by atoms with Crippen LogP contribution in [0.25, 0.3) is 0 Å². The summed E-state index contributed by atoms with van der Waals surface area (Å²) in [4.78, 5) is 0. The largest absolute Gasteiger partial charge is 0.264 e.